The maximum atomic E-state index is 13.3. The van der Waals surface area contributed by atoms with Crippen molar-refractivity contribution in [2.75, 3.05) is 37.7 Å². The first kappa shape index (κ1) is 22.7. The molecule has 170 valence electrons. The van der Waals surface area contributed by atoms with Crippen molar-refractivity contribution in [2.45, 2.75) is 6.92 Å². The Kier molecular flexibility index (Phi) is 6.60. The number of fused-ring (bicyclic) bond motifs is 1. The molecule has 1 amide bonds. The van der Waals surface area contributed by atoms with Gasteiger partial charge in [-0.3, -0.25) is 14.9 Å². The van der Waals surface area contributed by atoms with Gasteiger partial charge in [-0.2, -0.15) is 0 Å². The molecule has 0 unspecified atom stereocenters. The molecule has 1 saturated heterocycles. The fourth-order valence-electron chi connectivity index (χ4n) is 4.06. The summed E-state index contributed by atoms with van der Waals surface area (Å²) in [5, 5.41) is 13.5. The number of nitro groups is 1. The molecule has 9 heteroatoms. The molecule has 0 saturated carbocycles. The van der Waals surface area contributed by atoms with Gasteiger partial charge in [0, 0.05) is 42.3 Å². The summed E-state index contributed by atoms with van der Waals surface area (Å²) >= 11 is 3.54. The summed E-state index contributed by atoms with van der Waals surface area (Å²) in [5.74, 6) is -0.658. The topological polar surface area (TPSA) is 93.0 Å². The predicted octanol–water partition coefficient (Wildman–Crippen LogP) is 4.65. The Morgan fingerprint density at radius 2 is 1.73 bits per heavy atom. The highest BCUT2D eigenvalue weighted by atomic mass is 79.9. The summed E-state index contributed by atoms with van der Waals surface area (Å²) in [4.78, 5) is 40.0. The summed E-state index contributed by atoms with van der Waals surface area (Å²) in [5.41, 5.74) is 1.05. The van der Waals surface area contributed by atoms with E-state index in [2.05, 4.69) is 15.9 Å². The average molecular weight is 512 g/mol. The molecule has 1 heterocycles. The number of nitrogens with zero attached hydrogens (tertiary/aromatic N) is 3. The molecule has 0 N–H and O–H groups in total. The molecule has 8 nitrogen and oxygen atoms in total. The van der Waals surface area contributed by atoms with Crippen LogP contribution in [-0.4, -0.2) is 54.5 Å². The number of esters is 1. The quantitative estimate of drug-likeness (QED) is 0.281. The largest absolute Gasteiger partial charge is 0.462 e. The van der Waals surface area contributed by atoms with E-state index in [1.165, 1.54) is 12.1 Å². The molecule has 4 rings (SSSR count). The minimum absolute atomic E-state index is 0.0643. The second-order valence-electron chi connectivity index (χ2n) is 7.60. The van der Waals surface area contributed by atoms with Crippen LogP contribution >= 0.6 is 15.9 Å². The number of hydrogen-bond donors (Lipinski definition) is 0. The van der Waals surface area contributed by atoms with Crippen LogP contribution < -0.4 is 4.90 Å². The molecule has 0 atom stereocenters. The molecule has 3 aromatic rings. The standard InChI is InChI=1S/C24H22BrN3O5/c1-2-33-24(30)16-9-10-21(22(15-16)28(31)32)26-11-13-27(14-12-26)23(29)19-7-3-6-18-17(19)5-4-8-20(18)25/h3-10,15H,2,11-14H2,1H3. The van der Waals surface area contributed by atoms with Gasteiger partial charge in [-0.05, 0) is 42.0 Å². The highest BCUT2D eigenvalue weighted by molar-refractivity contribution is 9.10. The first-order valence-corrected chi connectivity index (χ1v) is 11.4. The number of ether oxygens (including phenoxy) is 1. The fourth-order valence-corrected chi connectivity index (χ4v) is 4.56. The van der Waals surface area contributed by atoms with Gasteiger partial charge >= 0.3 is 5.97 Å². The second-order valence-corrected chi connectivity index (χ2v) is 8.46. The van der Waals surface area contributed by atoms with Crippen molar-refractivity contribution in [3.8, 4) is 0 Å². The Balaban J connectivity index is 1.53. The van der Waals surface area contributed by atoms with Gasteiger partial charge in [0.15, 0.2) is 0 Å². The minimum atomic E-state index is -0.593. The zero-order valence-corrected chi connectivity index (χ0v) is 19.6. The number of halogens is 1. The summed E-state index contributed by atoms with van der Waals surface area (Å²) in [6.45, 7) is 3.62. The van der Waals surface area contributed by atoms with Crippen molar-refractivity contribution in [3.05, 3.63) is 80.3 Å². The Labute approximate surface area is 199 Å². The van der Waals surface area contributed by atoms with Crippen LogP contribution in [0.2, 0.25) is 0 Å². The number of nitro benzene ring substituents is 1. The third-order valence-electron chi connectivity index (χ3n) is 5.69. The summed E-state index contributed by atoms with van der Waals surface area (Å²) in [7, 11) is 0. The molecule has 0 spiro atoms. The van der Waals surface area contributed by atoms with Gasteiger partial charge in [-0.25, -0.2) is 4.79 Å². The Hall–Kier alpha value is -3.46. The molecule has 0 radical (unpaired) electrons. The maximum absolute atomic E-state index is 13.3. The number of anilines is 1. The van der Waals surface area contributed by atoms with Crippen LogP contribution in [0.4, 0.5) is 11.4 Å². The number of amides is 1. The zero-order valence-electron chi connectivity index (χ0n) is 18.0. The number of piperazine rings is 1. The van der Waals surface area contributed by atoms with Gasteiger partial charge < -0.3 is 14.5 Å². The lowest BCUT2D eigenvalue weighted by Crippen LogP contribution is -2.49. The van der Waals surface area contributed by atoms with Gasteiger partial charge in [-0.15, -0.1) is 0 Å². The first-order valence-electron chi connectivity index (χ1n) is 10.6. The van der Waals surface area contributed by atoms with Gasteiger partial charge in [0.25, 0.3) is 11.6 Å². The molecular weight excluding hydrogens is 490 g/mol. The number of hydrogen-bond acceptors (Lipinski definition) is 6. The van der Waals surface area contributed by atoms with E-state index >= 15 is 0 Å². The Bertz CT molecular complexity index is 1240. The van der Waals surface area contributed by atoms with Gasteiger partial charge in [0.1, 0.15) is 5.69 Å². The Morgan fingerprint density at radius 1 is 1.03 bits per heavy atom. The van der Waals surface area contributed by atoms with Crippen LogP contribution in [-0.2, 0) is 4.74 Å². The van der Waals surface area contributed by atoms with E-state index in [0.717, 1.165) is 15.2 Å². The average Bonchev–Trinajstić information content (AvgIpc) is 2.83. The van der Waals surface area contributed by atoms with E-state index < -0.39 is 10.9 Å². The highest BCUT2D eigenvalue weighted by Crippen LogP contribution is 2.31. The molecular formula is C24H22BrN3O5. The summed E-state index contributed by atoms with van der Waals surface area (Å²) < 4.78 is 5.87. The van der Waals surface area contributed by atoms with Crippen molar-refractivity contribution >= 4 is 50.0 Å². The molecule has 33 heavy (non-hydrogen) atoms. The van der Waals surface area contributed by atoms with Crippen LogP contribution in [0.15, 0.2) is 59.1 Å². The predicted molar refractivity (Wildman–Crippen MR) is 129 cm³/mol. The van der Waals surface area contributed by atoms with Gasteiger partial charge in [0.05, 0.1) is 17.1 Å². The van der Waals surface area contributed by atoms with Crippen molar-refractivity contribution in [3.63, 3.8) is 0 Å². The number of carbonyl (C=O) groups excluding carboxylic acids is 2. The smallest absolute Gasteiger partial charge is 0.338 e. The van der Waals surface area contributed by atoms with Gasteiger partial charge in [-0.1, -0.05) is 40.2 Å². The van der Waals surface area contributed by atoms with Crippen LogP contribution in [0.5, 0.6) is 0 Å². The minimum Gasteiger partial charge on any atom is -0.462 e. The molecule has 1 fully saturated rings. The third kappa shape index (κ3) is 4.54. The lowest BCUT2D eigenvalue weighted by atomic mass is 10.0. The highest BCUT2D eigenvalue weighted by Gasteiger charge is 2.28. The van der Waals surface area contributed by atoms with Crippen LogP contribution in [0.3, 0.4) is 0 Å². The molecule has 1 aliphatic rings. The number of benzene rings is 3. The van der Waals surface area contributed by atoms with Crippen LogP contribution in [0, 0.1) is 10.1 Å². The van der Waals surface area contributed by atoms with E-state index in [1.807, 2.05) is 41.3 Å². The third-order valence-corrected chi connectivity index (χ3v) is 6.38. The van der Waals surface area contributed by atoms with Crippen molar-refractivity contribution in [1.82, 2.24) is 4.90 Å². The maximum Gasteiger partial charge on any atom is 0.338 e. The van der Waals surface area contributed by atoms with Crippen LogP contribution in [0.25, 0.3) is 10.8 Å². The zero-order chi connectivity index (χ0) is 23.5. The van der Waals surface area contributed by atoms with Crippen molar-refractivity contribution < 1.29 is 19.2 Å². The normalized spacial score (nSPS) is 13.8. The fraction of sp³-hybridized carbons (Fsp3) is 0.250. The first-order chi connectivity index (χ1) is 15.9. The summed E-state index contributed by atoms with van der Waals surface area (Å²) in [6.07, 6.45) is 0. The SMILES string of the molecule is CCOC(=O)c1ccc(N2CCN(C(=O)c3cccc4c(Br)cccc34)CC2)c([N+](=O)[O-])c1. The van der Waals surface area contributed by atoms with E-state index in [4.69, 9.17) is 4.74 Å². The van der Waals surface area contributed by atoms with E-state index in [0.29, 0.717) is 37.4 Å². The molecule has 0 aliphatic carbocycles. The monoisotopic (exact) mass is 511 g/mol. The van der Waals surface area contributed by atoms with Crippen LogP contribution in [0.1, 0.15) is 27.6 Å². The molecule has 0 aromatic heterocycles. The van der Waals surface area contributed by atoms with Crippen molar-refractivity contribution in [1.29, 1.82) is 0 Å². The van der Waals surface area contributed by atoms with Gasteiger partial charge in [0.2, 0.25) is 0 Å². The van der Waals surface area contributed by atoms with E-state index in [-0.39, 0.29) is 23.8 Å². The van der Waals surface area contributed by atoms with E-state index in [1.54, 1.807) is 17.9 Å². The number of carbonyl (C=O) groups is 2. The Morgan fingerprint density at radius 3 is 2.42 bits per heavy atom. The molecule has 0 bridgehead atoms. The second kappa shape index (κ2) is 9.58. The molecule has 3 aromatic carbocycles. The molecule has 1 aliphatic heterocycles. The lowest BCUT2D eigenvalue weighted by Gasteiger charge is -2.36. The van der Waals surface area contributed by atoms with E-state index in [9.17, 15) is 19.7 Å². The summed E-state index contributed by atoms with van der Waals surface area (Å²) in [6, 6.07) is 15.8. The lowest BCUT2D eigenvalue weighted by molar-refractivity contribution is -0.384. The van der Waals surface area contributed by atoms with Crippen molar-refractivity contribution in [2.24, 2.45) is 0 Å². The number of rotatable bonds is 5.